The number of nitrogens with zero attached hydrogens (tertiary/aromatic N) is 1. The molecule has 0 fully saturated rings. The van der Waals surface area contributed by atoms with Crippen molar-refractivity contribution in [2.24, 2.45) is 5.92 Å². The Morgan fingerprint density at radius 3 is 2.55 bits per heavy atom. The van der Waals surface area contributed by atoms with Crippen molar-refractivity contribution in [2.45, 2.75) is 27.3 Å². The van der Waals surface area contributed by atoms with Crippen molar-refractivity contribution in [2.75, 3.05) is 13.7 Å². The van der Waals surface area contributed by atoms with E-state index in [2.05, 4.69) is 41.5 Å². The number of H-pyrrole nitrogens is 1. The van der Waals surface area contributed by atoms with Gasteiger partial charge in [-0.3, -0.25) is 5.10 Å². The van der Waals surface area contributed by atoms with Gasteiger partial charge in [-0.2, -0.15) is 5.10 Å². The van der Waals surface area contributed by atoms with E-state index in [1.165, 1.54) is 5.56 Å². The molecule has 1 heterocycles. The molecule has 1 aromatic carbocycles. The number of benzene rings is 1. The molecule has 108 valence electrons. The molecular weight excluding hydrogens is 250 g/mol. The lowest BCUT2D eigenvalue weighted by atomic mass is 10.1. The Balaban J connectivity index is 2.17. The summed E-state index contributed by atoms with van der Waals surface area (Å²) >= 11 is 0. The van der Waals surface area contributed by atoms with Crippen molar-refractivity contribution in [1.29, 1.82) is 0 Å². The number of aromatic amines is 1. The fourth-order valence-electron chi connectivity index (χ4n) is 2.06. The highest BCUT2D eigenvalue weighted by molar-refractivity contribution is 5.64. The minimum Gasteiger partial charge on any atom is -0.493 e. The van der Waals surface area contributed by atoms with Crippen molar-refractivity contribution in [3.63, 3.8) is 0 Å². The first-order valence-corrected chi connectivity index (χ1v) is 7.03. The molecule has 2 N–H and O–H groups in total. The molecule has 0 aliphatic carbocycles. The third-order valence-corrected chi connectivity index (χ3v) is 3.14. The Bertz CT molecular complexity index is 543. The van der Waals surface area contributed by atoms with E-state index in [1.54, 1.807) is 0 Å². The molecule has 0 aliphatic rings. The molecule has 2 aromatic rings. The van der Waals surface area contributed by atoms with Gasteiger partial charge in [0.1, 0.15) is 5.75 Å². The largest absolute Gasteiger partial charge is 0.493 e. The Morgan fingerprint density at radius 1 is 1.25 bits per heavy atom. The first kappa shape index (κ1) is 14.6. The van der Waals surface area contributed by atoms with E-state index in [4.69, 9.17) is 4.74 Å². The van der Waals surface area contributed by atoms with Crippen molar-refractivity contribution in [3.8, 4) is 17.0 Å². The zero-order valence-electron chi connectivity index (χ0n) is 12.7. The van der Waals surface area contributed by atoms with Gasteiger partial charge >= 0.3 is 0 Å². The van der Waals surface area contributed by atoms with Crippen LogP contribution in [0.5, 0.6) is 5.75 Å². The highest BCUT2D eigenvalue weighted by Gasteiger charge is 2.11. The maximum atomic E-state index is 5.70. The maximum absolute atomic E-state index is 5.70. The van der Waals surface area contributed by atoms with Gasteiger partial charge in [-0.1, -0.05) is 13.8 Å². The summed E-state index contributed by atoms with van der Waals surface area (Å²) in [6, 6.07) is 8.13. The number of nitrogens with one attached hydrogen (secondary N) is 2. The molecule has 0 atom stereocenters. The van der Waals surface area contributed by atoms with E-state index < -0.39 is 0 Å². The fourth-order valence-corrected chi connectivity index (χ4v) is 2.06. The zero-order chi connectivity index (χ0) is 14.5. The van der Waals surface area contributed by atoms with E-state index in [0.717, 1.165) is 35.9 Å². The van der Waals surface area contributed by atoms with Crippen LogP contribution in [0.15, 0.2) is 24.3 Å². The SMILES string of the molecule is CNCc1c(-c2ccc(OCC(C)C)cc2)n[nH]c1C. The van der Waals surface area contributed by atoms with Gasteiger partial charge in [0.2, 0.25) is 0 Å². The molecule has 1 aromatic heterocycles. The predicted octanol–water partition coefficient (Wildman–Crippen LogP) is 3.14. The normalized spacial score (nSPS) is 11.1. The van der Waals surface area contributed by atoms with Crippen molar-refractivity contribution in [1.82, 2.24) is 15.5 Å². The summed E-state index contributed by atoms with van der Waals surface area (Å²) in [4.78, 5) is 0. The summed E-state index contributed by atoms with van der Waals surface area (Å²) in [6.45, 7) is 7.88. The van der Waals surface area contributed by atoms with Gasteiger partial charge in [0.25, 0.3) is 0 Å². The molecule has 0 aliphatic heterocycles. The average molecular weight is 273 g/mol. The van der Waals surface area contributed by atoms with Crippen LogP contribution in [0.2, 0.25) is 0 Å². The van der Waals surface area contributed by atoms with Crippen LogP contribution in [0.3, 0.4) is 0 Å². The van der Waals surface area contributed by atoms with E-state index in [9.17, 15) is 0 Å². The number of aryl methyl sites for hydroxylation is 1. The Labute approximate surface area is 120 Å². The third-order valence-electron chi connectivity index (χ3n) is 3.14. The lowest BCUT2D eigenvalue weighted by Gasteiger charge is -2.09. The minimum absolute atomic E-state index is 0.533. The van der Waals surface area contributed by atoms with Gasteiger partial charge in [-0.25, -0.2) is 0 Å². The average Bonchev–Trinajstić information content (AvgIpc) is 2.79. The Kier molecular flexibility index (Phi) is 4.79. The second-order valence-electron chi connectivity index (χ2n) is 5.44. The molecule has 0 saturated carbocycles. The Morgan fingerprint density at radius 2 is 1.95 bits per heavy atom. The molecule has 0 radical (unpaired) electrons. The summed E-state index contributed by atoms with van der Waals surface area (Å²) in [7, 11) is 1.94. The smallest absolute Gasteiger partial charge is 0.119 e. The first-order valence-electron chi connectivity index (χ1n) is 7.03. The van der Waals surface area contributed by atoms with E-state index >= 15 is 0 Å². The standard InChI is InChI=1S/C16H23N3O/c1-11(2)10-20-14-7-5-13(6-8-14)16-15(9-17-4)12(3)18-19-16/h5-8,11,17H,9-10H2,1-4H3,(H,18,19). The highest BCUT2D eigenvalue weighted by Crippen LogP contribution is 2.25. The van der Waals surface area contributed by atoms with Gasteiger partial charge in [-0.05, 0) is 44.2 Å². The Hall–Kier alpha value is -1.81. The van der Waals surface area contributed by atoms with Gasteiger partial charge in [0.15, 0.2) is 0 Å². The van der Waals surface area contributed by atoms with E-state index in [0.29, 0.717) is 5.92 Å². The van der Waals surface area contributed by atoms with E-state index in [1.807, 2.05) is 26.1 Å². The number of hydrogen-bond acceptors (Lipinski definition) is 3. The second kappa shape index (κ2) is 6.57. The maximum Gasteiger partial charge on any atom is 0.119 e. The molecular formula is C16H23N3O. The summed E-state index contributed by atoms with van der Waals surface area (Å²) in [5.74, 6) is 1.44. The van der Waals surface area contributed by atoms with Crippen LogP contribution in [0.25, 0.3) is 11.3 Å². The van der Waals surface area contributed by atoms with Crippen LogP contribution in [0.1, 0.15) is 25.1 Å². The van der Waals surface area contributed by atoms with Crippen LogP contribution in [0.4, 0.5) is 0 Å². The van der Waals surface area contributed by atoms with Crippen LogP contribution >= 0.6 is 0 Å². The van der Waals surface area contributed by atoms with E-state index in [-0.39, 0.29) is 0 Å². The summed E-state index contributed by atoms with van der Waals surface area (Å²) < 4.78 is 5.70. The minimum atomic E-state index is 0.533. The molecule has 20 heavy (non-hydrogen) atoms. The fraction of sp³-hybridized carbons (Fsp3) is 0.438. The van der Waals surface area contributed by atoms with Gasteiger partial charge in [0, 0.05) is 23.4 Å². The van der Waals surface area contributed by atoms with Crippen molar-refractivity contribution in [3.05, 3.63) is 35.5 Å². The second-order valence-corrected chi connectivity index (χ2v) is 5.44. The van der Waals surface area contributed by atoms with Gasteiger partial charge < -0.3 is 10.1 Å². The van der Waals surface area contributed by atoms with Crippen molar-refractivity contribution < 1.29 is 4.74 Å². The molecule has 0 amide bonds. The van der Waals surface area contributed by atoms with Crippen LogP contribution in [-0.2, 0) is 6.54 Å². The monoisotopic (exact) mass is 273 g/mol. The summed E-state index contributed by atoms with van der Waals surface area (Å²) in [5, 5.41) is 10.6. The molecule has 4 heteroatoms. The first-order chi connectivity index (χ1) is 9.61. The molecule has 4 nitrogen and oxygen atoms in total. The topological polar surface area (TPSA) is 49.9 Å². The predicted molar refractivity (Wildman–Crippen MR) is 81.9 cm³/mol. The van der Waals surface area contributed by atoms with Gasteiger partial charge in [0.05, 0.1) is 12.3 Å². The van der Waals surface area contributed by atoms with Crippen LogP contribution in [-0.4, -0.2) is 23.9 Å². The molecule has 2 rings (SSSR count). The number of aromatic nitrogens is 2. The third kappa shape index (κ3) is 3.39. The van der Waals surface area contributed by atoms with Crippen LogP contribution in [0, 0.1) is 12.8 Å². The molecule has 0 bridgehead atoms. The van der Waals surface area contributed by atoms with Crippen LogP contribution < -0.4 is 10.1 Å². The molecule has 0 saturated heterocycles. The lowest BCUT2D eigenvalue weighted by molar-refractivity contribution is 0.271. The molecule has 0 spiro atoms. The zero-order valence-corrected chi connectivity index (χ0v) is 12.7. The van der Waals surface area contributed by atoms with Crippen molar-refractivity contribution >= 4 is 0 Å². The summed E-state index contributed by atoms with van der Waals surface area (Å²) in [6.07, 6.45) is 0. The molecule has 0 unspecified atom stereocenters. The highest BCUT2D eigenvalue weighted by atomic mass is 16.5. The number of rotatable bonds is 6. The summed E-state index contributed by atoms with van der Waals surface area (Å²) in [5.41, 5.74) is 4.43. The lowest BCUT2D eigenvalue weighted by Crippen LogP contribution is -2.06. The van der Waals surface area contributed by atoms with Gasteiger partial charge in [-0.15, -0.1) is 0 Å². The quantitative estimate of drug-likeness (QED) is 0.850. The number of ether oxygens (including phenoxy) is 1. The number of hydrogen-bond donors (Lipinski definition) is 2.